The molecule has 0 N–H and O–H groups in total. The van der Waals surface area contributed by atoms with Crippen LogP contribution in [0.15, 0.2) is 54.6 Å². The number of ether oxygens (including phenoxy) is 1. The van der Waals surface area contributed by atoms with Gasteiger partial charge < -0.3 is 4.74 Å². The van der Waals surface area contributed by atoms with Crippen molar-refractivity contribution >= 4 is 10.9 Å². The molecule has 0 atom stereocenters. The number of hydrogen-bond acceptors (Lipinski definition) is 3. The molecule has 2 heterocycles. The van der Waals surface area contributed by atoms with E-state index in [1.807, 2.05) is 0 Å². The molecule has 0 aliphatic carbocycles. The fourth-order valence-corrected chi connectivity index (χ4v) is 3.11. The molecule has 0 saturated carbocycles. The standard InChI is InChI=1S/C20H20N2O/c1-15-7-8-17-12-18-14-22(13-16-5-3-2-4-6-16)9-10-23-20(18)21-19(17)11-15/h2-8,11-12H,9-10,13-14H2,1H3. The lowest BCUT2D eigenvalue weighted by Crippen LogP contribution is -2.25. The maximum absolute atomic E-state index is 5.91. The molecule has 3 heteroatoms. The second-order valence-corrected chi connectivity index (χ2v) is 6.19. The van der Waals surface area contributed by atoms with Gasteiger partial charge in [-0.05, 0) is 30.2 Å². The van der Waals surface area contributed by atoms with Crippen molar-refractivity contribution in [3.63, 3.8) is 0 Å². The molecule has 4 rings (SSSR count). The van der Waals surface area contributed by atoms with Gasteiger partial charge in [0.05, 0.1) is 5.52 Å². The summed E-state index contributed by atoms with van der Waals surface area (Å²) in [5, 5.41) is 1.18. The number of aromatic nitrogens is 1. The number of fused-ring (bicyclic) bond motifs is 2. The molecule has 0 bridgehead atoms. The molecule has 0 radical (unpaired) electrons. The van der Waals surface area contributed by atoms with Gasteiger partial charge in [0.15, 0.2) is 0 Å². The minimum atomic E-state index is 0.685. The first-order valence-corrected chi connectivity index (χ1v) is 8.07. The summed E-state index contributed by atoms with van der Waals surface area (Å²) >= 11 is 0. The Morgan fingerprint density at radius 2 is 1.96 bits per heavy atom. The van der Waals surface area contributed by atoms with Crippen LogP contribution in [0.2, 0.25) is 0 Å². The molecular weight excluding hydrogens is 284 g/mol. The van der Waals surface area contributed by atoms with E-state index in [9.17, 15) is 0 Å². The number of hydrogen-bond donors (Lipinski definition) is 0. The van der Waals surface area contributed by atoms with Crippen molar-refractivity contribution in [3.05, 3.63) is 71.3 Å². The Bertz CT molecular complexity index is 830. The van der Waals surface area contributed by atoms with E-state index >= 15 is 0 Å². The Morgan fingerprint density at radius 3 is 2.83 bits per heavy atom. The zero-order valence-corrected chi connectivity index (χ0v) is 13.3. The first-order valence-electron chi connectivity index (χ1n) is 8.07. The van der Waals surface area contributed by atoms with Crippen molar-refractivity contribution in [2.75, 3.05) is 13.2 Å². The van der Waals surface area contributed by atoms with Gasteiger partial charge in [-0.15, -0.1) is 0 Å². The summed E-state index contributed by atoms with van der Waals surface area (Å²) in [6, 6.07) is 19.2. The highest BCUT2D eigenvalue weighted by Gasteiger charge is 2.17. The summed E-state index contributed by atoms with van der Waals surface area (Å²) in [4.78, 5) is 7.15. The molecule has 1 aliphatic heterocycles. The Labute approximate surface area is 136 Å². The zero-order chi connectivity index (χ0) is 15.6. The molecule has 0 fully saturated rings. The van der Waals surface area contributed by atoms with Gasteiger partial charge in [0, 0.05) is 30.6 Å². The second kappa shape index (κ2) is 6.01. The molecular formula is C20H20N2O. The SMILES string of the molecule is Cc1ccc2cc3c(nc2c1)OCCN(Cc1ccccc1)C3. The number of benzene rings is 2. The van der Waals surface area contributed by atoms with Crippen LogP contribution in [0.3, 0.4) is 0 Å². The third kappa shape index (κ3) is 3.06. The van der Waals surface area contributed by atoms with Crippen LogP contribution in [0, 0.1) is 6.92 Å². The van der Waals surface area contributed by atoms with Crippen LogP contribution >= 0.6 is 0 Å². The summed E-state index contributed by atoms with van der Waals surface area (Å²) in [6.07, 6.45) is 0. The van der Waals surface area contributed by atoms with Gasteiger partial charge >= 0.3 is 0 Å². The first-order chi connectivity index (χ1) is 11.3. The Kier molecular flexibility index (Phi) is 3.72. The van der Waals surface area contributed by atoms with E-state index in [1.165, 1.54) is 22.1 Å². The van der Waals surface area contributed by atoms with Gasteiger partial charge in [-0.2, -0.15) is 0 Å². The van der Waals surface area contributed by atoms with Gasteiger partial charge in [-0.25, -0.2) is 4.98 Å². The minimum absolute atomic E-state index is 0.685. The molecule has 3 aromatic rings. The smallest absolute Gasteiger partial charge is 0.218 e. The third-order valence-electron chi connectivity index (χ3n) is 4.30. The zero-order valence-electron chi connectivity index (χ0n) is 13.3. The van der Waals surface area contributed by atoms with Crippen molar-refractivity contribution in [2.24, 2.45) is 0 Å². The maximum Gasteiger partial charge on any atom is 0.218 e. The van der Waals surface area contributed by atoms with Crippen molar-refractivity contribution in [2.45, 2.75) is 20.0 Å². The van der Waals surface area contributed by atoms with Gasteiger partial charge in [0.2, 0.25) is 5.88 Å². The van der Waals surface area contributed by atoms with E-state index in [2.05, 4.69) is 66.4 Å². The summed E-state index contributed by atoms with van der Waals surface area (Å²) in [6.45, 7) is 5.51. The monoisotopic (exact) mass is 304 g/mol. The molecule has 116 valence electrons. The van der Waals surface area contributed by atoms with Crippen molar-refractivity contribution < 1.29 is 4.74 Å². The van der Waals surface area contributed by atoms with E-state index in [1.54, 1.807) is 0 Å². The lowest BCUT2D eigenvalue weighted by molar-refractivity contribution is 0.217. The lowest BCUT2D eigenvalue weighted by atomic mass is 10.1. The van der Waals surface area contributed by atoms with Crippen LogP contribution in [0.4, 0.5) is 0 Å². The predicted octanol–water partition coefficient (Wildman–Crippen LogP) is 3.94. The van der Waals surface area contributed by atoms with E-state index in [0.29, 0.717) is 6.61 Å². The molecule has 1 aliphatic rings. The van der Waals surface area contributed by atoms with Crippen LogP contribution in [0.25, 0.3) is 10.9 Å². The van der Waals surface area contributed by atoms with Crippen molar-refractivity contribution in [1.29, 1.82) is 0 Å². The minimum Gasteiger partial charge on any atom is -0.476 e. The van der Waals surface area contributed by atoms with E-state index in [4.69, 9.17) is 9.72 Å². The molecule has 3 nitrogen and oxygen atoms in total. The number of nitrogens with zero attached hydrogens (tertiary/aromatic N) is 2. The quantitative estimate of drug-likeness (QED) is 0.717. The fourth-order valence-electron chi connectivity index (χ4n) is 3.11. The Morgan fingerprint density at radius 1 is 1.09 bits per heavy atom. The highest BCUT2D eigenvalue weighted by Crippen LogP contribution is 2.26. The summed E-state index contributed by atoms with van der Waals surface area (Å²) < 4.78 is 5.91. The average molecular weight is 304 g/mol. The highest BCUT2D eigenvalue weighted by molar-refractivity contribution is 5.80. The van der Waals surface area contributed by atoms with Crippen LogP contribution in [-0.4, -0.2) is 23.0 Å². The topological polar surface area (TPSA) is 25.4 Å². The number of aryl methyl sites for hydroxylation is 1. The molecule has 2 aromatic carbocycles. The van der Waals surface area contributed by atoms with Crippen LogP contribution < -0.4 is 4.74 Å². The molecule has 0 unspecified atom stereocenters. The number of pyridine rings is 1. The van der Waals surface area contributed by atoms with Gasteiger partial charge in [0.25, 0.3) is 0 Å². The lowest BCUT2D eigenvalue weighted by Gasteiger charge is -2.19. The Balaban J connectivity index is 1.64. The summed E-state index contributed by atoms with van der Waals surface area (Å²) in [5.41, 5.74) is 4.75. The summed E-state index contributed by atoms with van der Waals surface area (Å²) in [5.74, 6) is 0.790. The summed E-state index contributed by atoms with van der Waals surface area (Å²) in [7, 11) is 0. The molecule has 23 heavy (non-hydrogen) atoms. The number of rotatable bonds is 2. The van der Waals surface area contributed by atoms with E-state index in [-0.39, 0.29) is 0 Å². The van der Waals surface area contributed by atoms with E-state index < -0.39 is 0 Å². The fraction of sp³-hybridized carbons (Fsp3) is 0.250. The first kappa shape index (κ1) is 14.2. The highest BCUT2D eigenvalue weighted by atomic mass is 16.5. The van der Waals surface area contributed by atoms with Gasteiger partial charge in [-0.3, -0.25) is 4.90 Å². The van der Waals surface area contributed by atoms with Crippen LogP contribution in [0.5, 0.6) is 5.88 Å². The largest absolute Gasteiger partial charge is 0.476 e. The maximum atomic E-state index is 5.91. The molecule has 0 amide bonds. The normalized spacial score (nSPS) is 15.0. The second-order valence-electron chi connectivity index (χ2n) is 6.19. The average Bonchev–Trinajstić information content (AvgIpc) is 2.75. The van der Waals surface area contributed by atoms with Crippen molar-refractivity contribution in [1.82, 2.24) is 9.88 Å². The Hall–Kier alpha value is -2.39. The van der Waals surface area contributed by atoms with Crippen LogP contribution in [-0.2, 0) is 13.1 Å². The molecule has 1 aromatic heterocycles. The predicted molar refractivity (Wildman–Crippen MR) is 92.5 cm³/mol. The van der Waals surface area contributed by atoms with Gasteiger partial charge in [0.1, 0.15) is 6.61 Å². The van der Waals surface area contributed by atoms with Crippen molar-refractivity contribution in [3.8, 4) is 5.88 Å². The molecule has 0 saturated heterocycles. The van der Waals surface area contributed by atoms with E-state index in [0.717, 1.165) is 31.0 Å². The van der Waals surface area contributed by atoms with Gasteiger partial charge in [-0.1, -0.05) is 42.5 Å². The molecule has 0 spiro atoms. The van der Waals surface area contributed by atoms with Crippen LogP contribution in [0.1, 0.15) is 16.7 Å². The third-order valence-corrected chi connectivity index (χ3v) is 4.30.